The first-order valence-corrected chi connectivity index (χ1v) is 7.87. The molecule has 0 saturated carbocycles. The van der Waals surface area contributed by atoms with Crippen LogP contribution in [0, 0.1) is 0 Å². The molecule has 3 nitrogen and oxygen atoms in total. The lowest BCUT2D eigenvalue weighted by molar-refractivity contribution is -0.134. The number of benzene rings is 1. The third kappa shape index (κ3) is 2.64. The number of aryl methyl sites for hydroxylation is 1. The number of carbonyl (C=O) groups is 1. The Morgan fingerprint density at radius 1 is 1.25 bits per heavy atom. The van der Waals surface area contributed by atoms with Gasteiger partial charge in [0.2, 0.25) is 5.91 Å². The maximum Gasteiger partial charge on any atom is 0.223 e. The molecule has 4 heteroatoms. The lowest BCUT2D eigenvalue weighted by Gasteiger charge is -2.44. The van der Waals surface area contributed by atoms with Crippen LogP contribution in [0.4, 0.5) is 0 Å². The van der Waals surface area contributed by atoms with E-state index >= 15 is 0 Å². The molecule has 0 atom stereocenters. The Morgan fingerprint density at radius 3 is 2.75 bits per heavy atom. The van der Waals surface area contributed by atoms with Crippen LogP contribution in [0.25, 0.3) is 0 Å². The summed E-state index contributed by atoms with van der Waals surface area (Å²) < 4.78 is 6.28. The Bertz CT molecular complexity index is 495. The molecular formula is C16H20ClNO2. The Kier molecular flexibility index (Phi) is 3.88. The lowest BCUT2D eigenvalue weighted by Crippen LogP contribution is -2.51. The van der Waals surface area contributed by atoms with Gasteiger partial charge in [0.1, 0.15) is 11.4 Å². The first-order valence-electron chi connectivity index (χ1n) is 7.33. The summed E-state index contributed by atoms with van der Waals surface area (Å²) in [5.74, 6) is 1.61. The van der Waals surface area contributed by atoms with Crippen LogP contribution in [-0.4, -0.2) is 35.4 Å². The van der Waals surface area contributed by atoms with Crippen molar-refractivity contribution in [3.63, 3.8) is 0 Å². The number of ether oxygens (including phenoxy) is 1. The van der Waals surface area contributed by atoms with Crippen molar-refractivity contribution in [2.24, 2.45) is 0 Å². The van der Waals surface area contributed by atoms with Crippen LogP contribution >= 0.6 is 11.6 Å². The van der Waals surface area contributed by atoms with Crippen molar-refractivity contribution in [2.45, 2.75) is 37.7 Å². The normalized spacial score (nSPS) is 20.4. The molecule has 1 aromatic carbocycles. The summed E-state index contributed by atoms with van der Waals surface area (Å²) in [6.07, 6.45) is 4.43. The van der Waals surface area contributed by atoms with Crippen LogP contribution in [-0.2, 0) is 11.2 Å². The molecule has 0 bridgehead atoms. The topological polar surface area (TPSA) is 29.5 Å². The summed E-state index contributed by atoms with van der Waals surface area (Å²) >= 11 is 5.64. The van der Waals surface area contributed by atoms with E-state index < -0.39 is 0 Å². The Balaban J connectivity index is 1.65. The molecule has 108 valence electrons. The average Bonchev–Trinajstić information content (AvgIpc) is 2.48. The van der Waals surface area contributed by atoms with Crippen molar-refractivity contribution >= 4 is 17.5 Å². The molecule has 1 spiro atoms. The van der Waals surface area contributed by atoms with E-state index in [1.807, 2.05) is 11.0 Å². The minimum Gasteiger partial charge on any atom is -0.487 e. The zero-order valence-electron chi connectivity index (χ0n) is 11.6. The number of para-hydroxylation sites is 1. The molecule has 1 fully saturated rings. The number of piperidine rings is 1. The summed E-state index contributed by atoms with van der Waals surface area (Å²) in [6, 6.07) is 8.28. The molecule has 1 amide bonds. The zero-order chi connectivity index (χ0) is 14.0. The van der Waals surface area contributed by atoms with Gasteiger partial charge in [-0.25, -0.2) is 0 Å². The first-order chi connectivity index (χ1) is 9.72. The molecule has 0 N–H and O–H groups in total. The minimum atomic E-state index is -0.0634. The smallest absolute Gasteiger partial charge is 0.223 e. The molecule has 0 radical (unpaired) electrons. The average molecular weight is 294 g/mol. The monoisotopic (exact) mass is 293 g/mol. The second-order valence-electron chi connectivity index (χ2n) is 5.71. The predicted molar refractivity (Wildman–Crippen MR) is 79.3 cm³/mol. The fraction of sp³-hybridized carbons (Fsp3) is 0.562. The number of rotatable bonds is 2. The van der Waals surface area contributed by atoms with Crippen LogP contribution in [0.5, 0.6) is 5.75 Å². The SMILES string of the molecule is O=C(CCCl)N1CCC2(CCc3ccccc3O2)CC1. The number of halogens is 1. The van der Waals surface area contributed by atoms with Gasteiger partial charge in [0, 0.05) is 38.2 Å². The van der Waals surface area contributed by atoms with E-state index in [9.17, 15) is 4.79 Å². The molecular weight excluding hydrogens is 274 g/mol. The van der Waals surface area contributed by atoms with E-state index in [4.69, 9.17) is 16.3 Å². The second kappa shape index (κ2) is 5.65. The summed E-state index contributed by atoms with van der Waals surface area (Å²) in [4.78, 5) is 13.8. The third-order valence-corrected chi connectivity index (χ3v) is 4.67. The van der Waals surface area contributed by atoms with Gasteiger partial charge in [-0.3, -0.25) is 4.79 Å². The van der Waals surface area contributed by atoms with Crippen molar-refractivity contribution in [2.75, 3.05) is 19.0 Å². The molecule has 2 heterocycles. The van der Waals surface area contributed by atoms with Crippen molar-refractivity contribution in [3.05, 3.63) is 29.8 Å². The highest BCUT2D eigenvalue weighted by Gasteiger charge is 2.40. The van der Waals surface area contributed by atoms with Crippen molar-refractivity contribution in [1.29, 1.82) is 0 Å². The zero-order valence-corrected chi connectivity index (χ0v) is 12.4. The van der Waals surface area contributed by atoms with Crippen molar-refractivity contribution in [1.82, 2.24) is 4.90 Å². The van der Waals surface area contributed by atoms with E-state index in [1.54, 1.807) is 0 Å². The molecule has 3 rings (SSSR count). The number of carbonyl (C=O) groups excluding carboxylic acids is 1. The van der Waals surface area contributed by atoms with Crippen LogP contribution in [0.3, 0.4) is 0 Å². The van der Waals surface area contributed by atoms with Crippen molar-refractivity contribution < 1.29 is 9.53 Å². The predicted octanol–water partition coefficient (Wildman–Crippen LogP) is 3.00. The third-order valence-electron chi connectivity index (χ3n) is 4.48. The van der Waals surface area contributed by atoms with Gasteiger partial charge >= 0.3 is 0 Å². The highest BCUT2D eigenvalue weighted by Crippen LogP contribution is 2.39. The van der Waals surface area contributed by atoms with Crippen LogP contribution in [0.2, 0.25) is 0 Å². The molecule has 0 aromatic heterocycles. The van der Waals surface area contributed by atoms with Gasteiger partial charge in [-0.2, -0.15) is 0 Å². The van der Waals surface area contributed by atoms with Gasteiger partial charge in [-0.15, -0.1) is 11.6 Å². The number of nitrogens with zero attached hydrogens (tertiary/aromatic N) is 1. The van der Waals surface area contributed by atoms with Gasteiger partial charge in [-0.1, -0.05) is 18.2 Å². The number of alkyl halides is 1. The van der Waals surface area contributed by atoms with Gasteiger partial charge < -0.3 is 9.64 Å². The van der Waals surface area contributed by atoms with Crippen LogP contribution in [0.15, 0.2) is 24.3 Å². The maximum absolute atomic E-state index is 11.9. The van der Waals surface area contributed by atoms with Gasteiger partial charge in [0.25, 0.3) is 0 Å². The summed E-state index contributed by atoms with van der Waals surface area (Å²) in [6.45, 7) is 1.58. The van der Waals surface area contributed by atoms with Gasteiger partial charge in [0.15, 0.2) is 0 Å². The fourth-order valence-electron chi connectivity index (χ4n) is 3.21. The van der Waals surface area contributed by atoms with Crippen LogP contribution < -0.4 is 4.74 Å². The lowest BCUT2D eigenvalue weighted by atomic mass is 9.83. The Labute approximate surface area is 124 Å². The van der Waals surface area contributed by atoms with E-state index in [0.29, 0.717) is 12.3 Å². The number of fused-ring (bicyclic) bond motifs is 1. The fourth-order valence-corrected chi connectivity index (χ4v) is 3.37. The summed E-state index contributed by atoms with van der Waals surface area (Å²) in [5, 5.41) is 0. The van der Waals surface area contributed by atoms with E-state index in [1.165, 1.54) is 5.56 Å². The number of hydrogen-bond donors (Lipinski definition) is 0. The van der Waals surface area contributed by atoms with Crippen LogP contribution in [0.1, 0.15) is 31.2 Å². The van der Waals surface area contributed by atoms with E-state index in [2.05, 4.69) is 18.2 Å². The highest BCUT2D eigenvalue weighted by molar-refractivity contribution is 6.18. The molecule has 2 aliphatic heterocycles. The number of hydrogen-bond acceptors (Lipinski definition) is 2. The Hall–Kier alpha value is -1.22. The summed E-state index contributed by atoms with van der Waals surface area (Å²) in [5.41, 5.74) is 1.24. The highest BCUT2D eigenvalue weighted by atomic mass is 35.5. The van der Waals surface area contributed by atoms with Gasteiger partial charge in [-0.05, 0) is 24.5 Å². The standard InChI is InChI=1S/C16H20ClNO2/c17-10-6-15(19)18-11-8-16(9-12-18)7-5-13-3-1-2-4-14(13)20-16/h1-4H,5-12H2. The molecule has 1 saturated heterocycles. The first kappa shape index (κ1) is 13.7. The molecule has 0 unspecified atom stereocenters. The maximum atomic E-state index is 11.9. The minimum absolute atomic E-state index is 0.0634. The van der Waals surface area contributed by atoms with Gasteiger partial charge in [0.05, 0.1) is 0 Å². The van der Waals surface area contributed by atoms with E-state index in [0.717, 1.165) is 44.5 Å². The number of likely N-dealkylation sites (tertiary alicyclic amines) is 1. The molecule has 2 aliphatic rings. The Morgan fingerprint density at radius 2 is 2.00 bits per heavy atom. The number of amides is 1. The largest absolute Gasteiger partial charge is 0.487 e. The molecule has 0 aliphatic carbocycles. The molecule has 1 aromatic rings. The summed E-state index contributed by atoms with van der Waals surface area (Å²) in [7, 11) is 0. The second-order valence-corrected chi connectivity index (χ2v) is 6.09. The van der Waals surface area contributed by atoms with Crippen molar-refractivity contribution in [3.8, 4) is 5.75 Å². The van der Waals surface area contributed by atoms with E-state index in [-0.39, 0.29) is 11.5 Å². The quantitative estimate of drug-likeness (QED) is 0.785. The molecule has 20 heavy (non-hydrogen) atoms.